The highest BCUT2D eigenvalue weighted by Crippen LogP contribution is 2.36. The third-order valence-electron chi connectivity index (χ3n) is 4.34. The molecule has 0 bridgehead atoms. The molecule has 3 atom stereocenters. The van der Waals surface area contributed by atoms with Crippen LogP contribution in [-0.4, -0.2) is 41.9 Å². The minimum atomic E-state index is -0.530. The molecule has 19 heavy (non-hydrogen) atoms. The smallest absolute Gasteiger partial charge is 0.244 e. The molecule has 0 aromatic rings. The van der Waals surface area contributed by atoms with Gasteiger partial charge >= 0.3 is 0 Å². The highest BCUT2D eigenvalue weighted by atomic mass is 16.2. The molecular weight excluding hydrogens is 242 g/mol. The highest BCUT2D eigenvalue weighted by Gasteiger charge is 2.43. The molecule has 1 fully saturated rings. The monoisotopic (exact) mass is 269 g/mol. The van der Waals surface area contributed by atoms with Gasteiger partial charge in [0, 0.05) is 19.1 Å². The van der Waals surface area contributed by atoms with E-state index in [4.69, 9.17) is 5.73 Å². The van der Waals surface area contributed by atoms with Crippen LogP contribution in [0.1, 0.15) is 47.0 Å². The highest BCUT2D eigenvalue weighted by molar-refractivity contribution is 5.90. The average molecular weight is 269 g/mol. The normalized spacial score (nSPS) is 27.9. The number of rotatable bonds is 5. The Bertz CT molecular complexity index is 342. The molecule has 110 valence electrons. The van der Waals surface area contributed by atoms with Gasteiger partial charge in [-0.1, -0.05) is 6.42 Å². The van der Waals surface area contributed by atoms with Crippen LogP contribution in [0, 0.1) is 5.41 Å². The number of nitrogens with one attached hydrogen (secondary N) is 1. The predicted molar refractivity (Wildman–Crippen MR) is 75.5 cm³/mol. The van der Waals surface area contributed by atoms with E-state index in [1.54, 1.807) is 11.8 Å². The number of hydrogen-bond acceptors (Lipinski definition) is 3. The van der Waals surface area contributed by atoms with Crippen molar-refractivity contribution in [2.45, 2.75) is 59.0 Å². The molecule has 0 aromatic carbocycles. The van der Waals surface area contributed by atoms with Crippen molar-refractivity contribution < 1.29 is 9.59 Å². The van der Waals surface area contributed by atoms with Crippen LogP contribution in [0.25, 0.3) is 0 Å². The maximum atomic E-state index is 12.3. The summed E-state index contributed by atoms with van der Waals surface area (Å²) in [7, 11) is 0. The van der Waals surface area contributed by atoms with Crippen molar-refractivity contribution in [2.24, 2.45) is 11.1 Å². The Morgan fingerprint density at radius 2 is 2.00 bits per heavy atom. The van der Waals surface area contributed by atoms with E-state index in [9.17, 15) is 9.59 Å². The second-order valence-corrected chi connectivity index (χ2v) is 5.62. The topological polar surface area (TPSA) is 75.4 Å². The van der Waals surface area contributed by atoms with Gasteiger partial charge in [0.1, 0.15) is 6.04 Å². The number of nitrogens with two attached hydrogens (primary N) is 1. The summed E-state index contributed by atoms with van der Waals surface area (Å²) in [6.45, 7) is 8.82. The first-order chi connectivity index (χ1) is 8.86. The number of amides is 2. The quantitative estimate of drug-likeness (QED) is 0.778. The lowest BCUT2D eigenvalue weighted by Crippen LogP contribution is -2.53. The van der Waals surface area contributed by atoms with Crippen molar-refractivity contribution >= 4 is 11.8 Å². The van der Waals surface area contributed by atoms with E-state index in [0.717, 1.165) is 19.3 Å². The Morgan fingerprint density at radius 3 is 2.42 bits per heavy atom. The molecule has 0 spiro atoms. The number of carbonyl (C=O) groups excluding carboxylic acids is 2. The second-order valence-electron chi connectivity index (χ2n) is 5.62. The molecule has 5 heteroatoms. The van der Waals surface area contributed by atoms with Crippen molar-refractivity contribution in [1.29, 1.82) is 0 Å². The number of nitrogens with zero attached hydrogens (tertiary/aromatic N) is 1. The average Bonchev–Trinajstić information content (AvgIpc) is 2.72. The molecule has 3 N–H and O–H groups in total. The van der Waals surface area contributed by atoms with E-state index < -0.39 is 11.5 Å². The number of carbonyl (C=O) groups is 2. The van der Waals surface area contributed by atoms with E-state index in [-0.39, 0.29) is 17.9 Å². The lowest BCUT2D eigenvalue weighted by Gasteiger charge is -2.30. The summed E-state index contributed by atoms with van der Waals surface area (Å²) in [4.78, 5) is 26.2. The lowest BCUT2D eigenvalue weighted by atomic mass is 9.84. The predicted octanol–water partition coefficient (Wildman–Crippen LogP) is 0.877. The van der Waals surface area contributed by atoms with E-state index in [1.807, 2.05) is 20.8 Å². The molecule has 3 unspecified atom stereocenters. The standard InChI is InChI=1S/C14H27N3O2/c1-5-17(6-2)12(18)10(3)16-13(19)14(4)9-7-8-11(14)15/h10-11H,5-9,15H2,1-4H3,(H,16,19). The molecule has 2 amide bonds. The van der Waals surface area contributed by atoms with Crippen LogP contribution in [-0.2, 0) is 9.59 Å². The maximum absolute atomic E-state index is 12.3. The summed E-state index contributed by atoms with van der Waals surface area (Å²) < 4.78 is 0. The van der Waals surface area contributed by atoms with Gasteiger partial charge in [0.15, 0.2) is 0 Å². The zero-order chi connectivity index (χ0) is 14.6. The fraction of sp³-hybridized carbons (Fsp3) is 0.857. The second kappa shape index (κ2) is 6.37. The SMILES string of the molecule is CCN(CC)C(=O)C(C)NC(=O)C1(C)CCCC1N. The zero-order valence-electron chi connectivity index (χ0n) is 12.5. The summed E-state index contributed by atoms with van der Waals surface area (Å²) in [6, 6.07) is -0.597. The first-order valence-corrected chi connectivity index (χ1v) is 7.22. The molecule has 0 radical (unpaired) electrons. The Balaban J connectivity index is 2.64. The van der Waals surface area contributed by atoms with Crippen molar-refractivity contribution in [3.05, 3.63) is 0 Å². The summed E-state index contributed by atoms with van der Waals surface area (Å²) in [5.74, 6) is -0.126. The Morgan fingerprint density at radius 1 is 1.42 bits per heavy atom. The van der Waals surface area contributed by atoms with Crippen LogP contribution >= 0.6 is 0 Å². The molecule has 1 aliphatic rings. The fourth-order valence-corrected chi connectivity index (χ4v) is 2.71. The largest absolute Gasteiger partial charge is 0.344 e. The van der Waals surface area contributed by atoms with Gasteiger partial charge in [-0.25, -0.2) is 0 Å². The van der Waals surface area contributed by atoms with Gasteiger partial charge in [-0.15, -0.1) is 0 Å². The van der Waals surface area contributed by atoms with Gasteiger partial charge in [0.25, 0.3) is 0 Å². The molecule has 1 saturated carbocycles. The molecular formula is C14H27N3O2. The minimum absolute atomic E-state index is 0.0338. The molecule has 1 rings (SSSR count). The fourth-order valence-electron chi connectivity index (χ4n) is 2.71. The van der Waals surface area contributed by atoms with Crippen molar-refractivity contribution in [3.63, 3.8) is 0 Å². The Kier molecular flexibility index (Phi) is 5.35. The molecule has 0 aromatic heterocycles. The van der Waals surface area contributed by atoms with Gasteiger partial charge in [-0.3, -0.25) is 9.59 Å². The van der Waals surface area contributed by atoms with E-state index in [2.05, 4.69) is 5.32 Å². The van der Waals surface area contributed by atoms with Crippen LogP contribution in [0.3, 0.4) is 0 Å². The number of likely N-dealkylation sites (N-methyl/N-ethyl adjacent to an activating group) is 1. The van der Waals surface area contributed by atoms with Crippen LogP contribution in [0.4, 0.5) is 0 Å². The van der Waals surface area contributed by atoms with Gasteiger partial charge in [0.2, 0.25) is 11.8 Å². The van der Waals surface area contributed by atoms with Gasteiger partial charge in [-0.05, 0) is 40.5 Å². The first-order valence-electron chi connectivity index (χ1n) is 7.22. The summed E-state index contributed by atoms with van der Waals surface area (Å²) >= 11 is 0. The molecule has 0 aliphatic heterocycles. The van der Waals surface area contributed by atoms with Crippen LogP contribution in [0.2, 0.25) is 0 Å². The third kappa shape index (κ3) is 3.26. The minimum Gasteiger partial charge on any atom is -0.344 e. The van der Waals surface area contributed by atoms with Crippen molar-refractivity contribution in [2.75, 3.05) is 13.1 Å². The third-order valence-corrected chi connectivity index (χ3v) is 4.34. The van der Waals surface area contributed by atoms with E-state index in [1.165, 1.54) is 0 Å². The lowest BCUT2D eigenvalue weighted by molar-refractivity contribution is -0.138. The van der Waals surface area contributed by atoms with Gasteiger partial charge in [-0.2, -0.15) is 0 Å². The summed E-state index contributed by atoms with van der Waals surface area (Å²) in [6.07, 6.45) is 2.65. The van der Waals surface area contributed by atoms with Gasteiger partial charge in [0.05, 0.1) is 5.41 Å². The maximum Gasteiger partial charge on any atom is 0.244 e. The molecule has 5 nitrogen and oxygen atoms in total. The van der Waals surface area contributed by atoms with Crippen LogP contribution < -0.4 is 11.1 Å². The van der Waals surface area contributed by atoms with Gasteiger partial charge < -0.3 is 16.0 Å². The Hall–Kier alpha value is -1.10. The molecule has 0 heterocycles. The van der Waals surface area contributed by atoms with Crippen molar-refractivity contribution in [3.8, 4) is 0 Å². The van der Waals surface area contributed by atoms with E-state index >= 15 is 0 Å². The van der Waals surface area contributed by atoms with Crippen LogP contribution in [0.5, 0.6) is 0 Å². The summed E-state index contributed by atoms with van der Waals surface area (Å²) in [5.41, 5.74) is 5.49. The zero-order valence-corrected chi connectivity index (χ0v) is 12.5. The van der Waals surface area contributed by atoms with Crippen LogP contribution in [0.15, 0.2) is 0 Å². The van der Waals surface area contributed by atoms with E-state index in [0.29, 0.717) is 13.1 Å². The molecule has 1 aliphatic carbocycles. The Labute approximate surface area is 115 Å². The number of hydrogen-bond donors (Lipinski definition) is 2. The first kappa shape index (κ1) is 16.0. The molecule has 0 saturated heterocycles. The summed E-state index contributed by atoms with van der Waals surface area (Å²) in [5, 5.41) is 2.83. The van der Waals surface area contributed by atoms with Crippen molar-refractivity contribution in [1.82, 2.24) is 10.2 Å².